The van der Waals surface area contributed by atoms with Crippen molar-refractivity contribution in [1.82, 2.24) is 4.98 Å². The first-order chi connectivity index (χ1) is 11.6. The summed E-state index contributed by atoms with van der Waals surface area (Å²) in [7, 11) is 2.94. The minimum atomic E-state index is -0.434. The van der Waals surface area contributed by atoms with Crippen molar-refractivity contribution in [3.05, 3.63) is 53.9 Å². The molecular weight excluding hydrogens is 306 g/mol. The molecule has 24 heavy (non-hydrogen) atoms. The second-order valence-corrected chi connectivity index (χ2v) is 4.90. The van der Waals surface area contributed by atoms with E-state index in [1.54, 1.807) is 38.0 Å². The van der Waals surface area contributed by atoms with E-state index in [1.165, 1.54) is 13.2 Å². The Labute approximate surface area is 140 Å². The van der Waals surface area contributed by atoms with E-state index in [4.69, 9.17) is 4.74 Å². The number of rotatable bonds is 6. The highest BCUT2D eigenvalue weighted by Gasteiger charge is 2.02. The zero-order valence-corrected chi connectivity index (χ0v) is 13.8. The summed E-state index contributed by atoms with van der Waals surface area (Å²) >= 11 is 0. The molecule has 6 heteroatoms. The van der Waals surface area contributed by atoms with Gasteiger partial charge in [0.1, 0.15) is 5.75 Å². The second-order valence-electron chi connectivity index (χ2n) is 4.90. The maximum Gasteiger partial charge on any atom is 0.330 e. The van der Waals surface area contributed by atoms with Crippen LogP contribution in [0.3, 0.4) is 0 Å². The molecule has 1 aromatic heterocycles. The van der Waals surface area contributed by atoms with E-state index < -0.39 is 5.97 Å². The van der Waals surface area contributed by atoms with Crippen LogP contribution in [0.15, 0.2) is 47.7 Å². The Hall–Kier alpha value is -3.15. The molecule has 124 valence electrons. The number of aryl methyl sites for hydroxylation is 1. The topological polar surface area (TPSA) is 72.8 Å². The number of aliphatic imine (C=N–C) groups is 1. The molecule has 1 N–H and O–H groups in total. The van der Waals surface area contributed by atoms with E-state index in [9.17, 15) is 4.79 Å². The number of anilines is 1. The van der Waals surface area contributed by atoms with E-state index in [0.717, 1.165) is 17.0 Å². The molecule has 0 aliphatic heterocycles. The average molecular weight is 325 g/mol. The Bertz CT molecular complexity index is 770. The van der Waals surface area contributed by atoms with Crippen LogP contribution < -0.4 is 10.1 Å². The Morgan fingerprint density at radius 1 is 1.29 bits per heavy atom. The number of benzene rings is 1. The van der Waals surface area contributed by atoms with Gasteiger partial charge in [0, 0.05) is 24.0 Å². The van der Waals surface area contributed by atoms with E-state index in [2.05, 4.69) is 20.0 Å². The zero-order chi connectivity index (χ0) is 17.4. The van der Waals surface area contributed by atoms with Gasteiger partial charge in [0.15, 0.2) is 0 Å². The molecule has 0 aliphatic rings. The van der Waals surface area contributed by atoms with Gasteiger partial charge in [-0.25, -0.2) is 9.79 Å². The van der Waals surface area contributed by atoms with Gasteiger partial charge in [0.05, 0.1) is 31.9 Å². The van der Waals surface area contributed by atoms with Gasteiger partial charge in [-0.3, -0.25) is 4.98 Å². The first-order valence-corrected chi connectivity index (χ1v) is 7.28. The maximum atomic E-state index is 11.2. The normalized spacial score (nSPS) is 11.0. The van der Waals surface area contributed by atoms with Gasteiger partial charge < -0.3 is 14.8 Å². The predicted molar refractivity (Wildman–Crippen MR) is 94.8 cm³/mol. The SMILES string of the molecule is COC(=O)/C=C/c1cnccc1N=CNc1cc(C)ccc1OC. The van der Waals surface area contributed by atoms with Gasteiger partial charge in [0.25, 0.3) is 0 Å². The molecular formula is C18H19N3O3. The molecule has 2 rings (SSSR count). The molecule has 0 saturated carbocycles. The number of carbonyl (C=O) groups excluding carboxylic acids is 1. The molecule has 0 atom stereocenters. The fourth-order valence-electron chi connectivity index (χ4n) is 1.98. The van der Waals surface area contributed by atoms with E-state index in [0.29, 0.717) is 11.3 Å². The van der Waals surface area contributed by atoms with Gasteiger partial charge in [-0.15, -0.1) is 0 Å². The fourth-order valence-corrected chi connectivity index (χ4v) is 1.98. The molecule has 2 aromatic rings. The Kier molecular flexibility index (Phi) is 6.08. The quantitative estimate of drug-likeness (QED) is 0.381. The fraction of sp³-hybridized carbons (Fsp3) is 0.167. The van der Waals surface area contributed by atoms with Crippen LogP contribution in [0.4, 0.5) is 11.4 Å². The van der Waals surface area contributed by atoms with Crippen molar-refractivity contribution in [1.29, 1.82) is 0 Å². The van der Waals surface area contributed by atoms with Crippen molar-refractivity contribution in [3.63, 3.8) is 0 Å². The Morgan fingerprint density at radius 2 is 2.12 bits per heavy atom. The number of nitrogens with one attached hydrogen (secondary N) is 1. The summed E-state index contributed by atoms with van der Waals surface area (Å²) in [5.41, 5.74) is 3.31. The van der Waals surface area contributed by atoms with Crippen LogP contribution in [-0.4, -0.2) is 31.5 Å². The lowest BCUT2D eigenvalue weighted by Gasteiger charge is -2.08. The van der Waals surface area contributed by atoms with E-state index >= 15 is 0 Å². The first kappa shape index (κ1) is 17.2. The molecule has 0 bridgehead atoms. The molecule has 6 nitrogen and oxygen atoms in total. The van der Waals surface area contributed by atoms with Crippen molar-refractivity contribution >= 4 is 29.8 Å². The van der Waals surface area contributed by atoms with Crippen LogP contribution >= 0.6 is 0 Å². The molecule has 0 amide bonds. The lowest BCUT2D eigenvalue weighted by Crippen LogP contribution is -1.98. The third kappa shape index (κ3) is 4.67. The number of carbonyl (C=O) groups is 1. The number of hydrogen-bond acceptors (Lipinski definition) is 5. The number of pyridine rings is 1. The molecule has 0 fully saturated rings. The predicted octanol–water partition coefficient (Wildman–Crippen LogP) is 3.36. The van der Waals surface area contributed by atoms with Crippen LogP contribution in [0.1, 0.15) is 11.1 Å². The number of aromatic nitrogens is 1. The van der Waals surface area contributed by atoms with Gasteiger partial charge in [-0.2, -0.15) is 0 Å². The smallest absolute Gasteiger partial charge is 0.330 e. The third-order valence-corrected chi connectivity index (χ3v) is 3.21. The second kappa shape index (κ2) is 8.47. The first-order valence-electron chi connectivity index (χ1n) is 7.28. The standard InChI is InChI=1S/C18H19N3O3/c1-13-4-6-17(23-2)16(10-13)21-12-20-15-8-9-19-11-14(15)5-7-18(22)24-3/h4-12H,1-3H3,(H,19,20,21)/b7-5+. The summed E-state index contributed by atoms with van der Waals surface area (Å²) in [5.74, 6) is 0.295. The molecule has 1 heterocycles. The van der Waals surface area contributed by atoms with Crippen LogP contribution in [0.25, 0.3) is 6.08 Å². The molecule has 0 radical (unpaired) electrons. The van der Waals surface area contributed by atoms with Gasteiger partial charge in [-0.05, 0) is 36.8 Å². The molecule has 0 saturated heterocycles. The number of methoxy groups -OCH3 is 2. The van der Waals surface area contributed by atoms with E-state index in [1.807, 2.05) is 25.1 Å². The summed E-state index contributed by atoms with van der Waals surface area (Å²) in [6.07, 6.45) is 7.77. The van der Waals surface area contributed by atoms with Gasteiger partial charge in [-0.1, -0.05) is 6.07 Å². The van der Waals surface area contributed by atoms with Crippen molar-refractivity contribution in [3.8, 4) is 5.75 Å². The monoisotopic (exact) mass is 325 g/mol. The zero-order valence-electron chi connectivity index (χ0n) is 13.8. The lowest BCUT2D eigenvalue weighted by molar-refractivity contribution is -0.134. The van der Waals surface area contributed by atoms with Crippen LogP contribution in [0.5, 0.6) is 5.75 Å². The van der Waals surface area contributed by atoms with Crippen molar-refractivity contribution in [2.75, 3.05) is 19.5 Å². The highest BCUT2D eigenvalue weighted by atomic mass is 16.5. The van der Waals surface area contributed by atoms with Crippen LogP contribution in [-0.2, 0) is 9.53 Å². The number of hydrogen-bond donors (Lipinski definition) is 1. The maximum absolute atomic E-state index is 11.2. The van der Waals surface area contributed by atoms with E-state index in [-0.39, 0.29) is 0 Å². The molecule has 0 spiro atoms. The number of esters is 1. The van der Waals surface area contributed by atoms with Gasteiger partial charge >= 0.3 is 5.97 Å². The Balaban J connectivity index is 2.17. The summed E-state index contributed by atoms with van der Waals surface area (Å²) in [6.45, 7) is 2.00. The lowest BCUT2D eigenvalue weighted by atomic mass is 10.2. The molecule has 1 aromatic carbocycles. The van der Waals surface area contributed by atoms with Gasteiger partial charge in [0.2, 0.25) is 0 Å². The van der Waals surface area contributed by atoms with Crippen molar-refractivity contribution in [2.24, 2.45) is 4.99 Å². The summed E-state index contributed by atoms with van der Waals surface area (Å²) < 4.78 is 9.88. The minimum Gasteiger partial charge on any atom is -0.495 e. The third-order valence-electron chi connectivity index (χ3n) is 3.21. The number of nitrogens with zero attached hydrogens (tertiary/aromatic N) is 2. The summed E-state index contributed by atoms with van der Waals surface area (Å²) in [6, 6.07) is 7.58. The highest BCUT2D eigenvalue weighted by molar-refractivity contribution is 5.88. The van der Waals surface area contributed by atoms with Crippen molar-refractivity contribution < 1.29 is 14.3 Å². The largest absolute Gasteiger partial charge is 0.495 e. The molecule has 0 unspecified atom stereocenters. The Morgan fingerprint density at radius 3 is 2.88 bits per heavy atom. The summed E-state index contributed by atoms with van der Waals surface area (Å²) in [4.78, 5) is 19.6. The minimum absolute atomic E-state index is 0.434. The highest BCUT2D eigenvalue weighted by Crippen LogP contribution is 2.25. The molecule has 0 aliphatic carbocycles. The van der Waals surface area contributed by atoms with Crippen LogP contribution in [0.2, 0.25) is 0 Å². The summed E-state index contributed by atoms with van der Waals surface area (Å²) in [5, 5.41) is 3.10. The average Bonchev–Trinajstić information content (AvgIpc) is 2.60. The van der Waals surface area contributed by atoms with Crippen LogP contribution in [0, 0.1) is 6.92 Å². The number of ether oxygens (including phenoxy) is 2. The van der Waals surface area contributed by atoms with Crippen molar-refractivity contribution in [2.45, 2.75) is 6.92 Å².